The summed E-state index contributed by atoms with van der Waals surface area (Å²) < 4.78 is 0.981. The zero-order chi connectivity index (χ0) is 13.0. The molecular weight excluding hydrogens is 339 g/mol. The molecule has 1 aliphatic carbocycles. The second kappa shape index (κ2) is 6.52. The Morgan fingerprint density at radius 1 is 1.22 bits per heavy atom. The summed E-state index contributed by atoms with van der Waals surface area (Å²) in [7, 11) is 0. The number of carbonyl (C=O) groups excluding carboxylic acids is 1. The van der Waals surface area contributed by atoms with Crippen LogP contribution in [0.25, 0.3) is 0 Å². The van der Waals surface area contributed by atoms with Gasteiger partial charge in [0.05, 0.1) is 5.56 Å². The Labute approximate surface area is 122 Å². The molecule has 0 saturated heterocycles. The highest BCUT2D eigenvalue weighted by Crippen LogP contribution is 2.18. The minimum Gasteiger partial charge on any atom is -0.348 e. The van der Waals surface area contributed by atoms with Crippen LogP contribution in [-0.2, 0) is 0 Å². The molecule has 0 heterocycles. The predicted molar refractivity (Wildman–Crippen MR) is 81.5 cm³/mol. The van der Waals surface area contributed by atoms with E-state index in [-0.39, 0.29) is 18.0 Å². The van der Waals surface area contributed by atoms with Crippen molar-refractivity contribution in [2.75, 3.05) is 0 Å². The van der Waals surface area contributed by atoms with Gasteiger partial charge in [0, 0.05) is 15.7 Å². The van der Waals surface area contributed by atoms with Crippen molar-refractivity contribution in [3.63, 3.8) is 0 Å². The van der Waals surface area contributed by atoms with Crippen LogP contribution < -0.4 is 11.1 Å². The monoisotopic (exact) mass is 358 g/mol. The smallest absolute Gasteiger partial charge is 0.252 e. The molecule has 0 aliphatic heterocycles. The van der Waals surface area contributed by atoms with Crippen molar-refractivity contribution in [2.45, 2.75) is 44.2 Å². The summed E-state index contributed by atoms with van der Waals surface area (Å²) in [6.07, 6.45) is 5.57. The van der Waals surface area contributed by atoms with Gasteiger partial charge in [0.25, 0.3) is 5.91 Å². The minimum absolute atomic E-state index is 0.00218. The maximum absolute atomic E-state index is 12.2. The zero-order valence-corrected chi connectivity index (χ0v) is 12.5. The summed E-state index contributed by atoms with van der Waals surface area (Å²) in [5, 5.41) is 3.10. The van der Waals surface area contributed by atoms with Crippen LogP contribution in [0.2, 0.25) is 0 Å². The molecule has 1 aromatic rings. The molecule has 1 aliphatic rings. The molecule has 1 saturated carbocycles. The van der Waals surface area contributed by atoms with Gasteiger partial charge in [-0.3, -0.25) is 4.79 Å². The summed E-state index contributed by atoms with van der Waals surface area (Å²) in [4.78, 5) is 12.2. The Bertz CT molecular complexity index is 422. The Hall–Kier alpha value is -0.620. The number of carbonyl (C=O) groups is 1. The van der Waals surface area contributed by atoms with E-state index in [9.17, 15) is 4.79 Å². The first kappa shape index (κ1) is 13.8. The summed E-state index contributed by atoms with van der Waals surface area (Å²) in [6.45, 7) is 0. The Morgan fingerprint density at radius 3 is 2.72 bits per heavy atom. The molecule has 0 radical (unpaired) electrons. The largest absolute Gasteiger partial charge is 0.348 e. The van der Waals surface area contributed by atoms with E-state index in [2.05, 4.69) is 27.9 Å². The zero-order valence-electron chi connectivity index (χ0n) is 10.4. The summed E-state index contributed by atoms with van der Waals surface area (Å²) >= 11 is 2.19. The van der Waals surface area contributed by atoms with Crippen LogP contribution in [0, 0.1) is 3.57 Å². The van der Waals surface area contributed by atoms with Gasteiger partial charge >= 0.3 is 0 Å². The number of halogens is 1. The second-order valence-electron chi connectivity index (χ2n) is 4.86. The third kappa shape index (κ3) is 3.45. The highest BCUT2D eigenvalue weighted by Gasteiger charge is 2.22. The molecular formula is C14H19IN2O. The lowest BCUT2D eigenvalue weighted by atomic mass is 10.0. The molecule has 2 rings (SSSR count). The van der Waals surface area contributed by atoms with E-state index in [1.807, 2.05) is 24.3 Å². The second-order valence-corrected chi connectivity index (χ2v) is 6.02. The van der Waals surface area contributed by atoms with Crippen molar-refractivity contribution >= 4 is 28.5 Å². The minimum atomic E-state index is 0.00218. The van der Waals surface area contributed by atoms with Crippen molar-refractivity contribution in [1.82, 2.24) is 5.32 Å². The number of nitrogens with one attached hydrogen (secondary N) is 1. The van der Waals surface area contributed by atoms with Crippen LogP contribution in [-0.4, -0.2) is 18.0 Å². The maximum atomic E-state index is 12.2. The van der Waals surface area contributed by atoms with E-state index in [0.717, 1.165) is 28.4 Å². The molecule has 98 valence electrons. The van der Waals surface area contributed by atoms with Gasteiger partial charge in [0.15, 0.2) is 0 Å². The predicted octanol–water partition coefficient (Wildman–Crippen LogP) is 2.68. The van der Waals surface area contributed by atoms with Gasteiger partial charge in [0.2, 0.25) is 0 Å². The first-order valence-electron chi connectivity index (χ1n) is 6.49. The standard InChI is InChI=1S/C14H19IN2O/c15-11-7-5-4-6-10(11)14(18)17-13-9-3-1-2-8-12(13)16/h4-7,12-13H,1-3,8-9,16H2,(H,17,18). The summed E-state index contributed by atoms with van der Waals surface area (Å²) in [6, 6.07) is 7.86. The van der Waals surface area contributed by atoms with Gasteiger partial charge in [-0.1, -0.05) is 31.4 Å². The summed E-state index contributed by atoms with van der Waals surface area (Å²) in [5.74, 6) is 0.00218. The molecule has 2 atom stereocenters. The Balaban J connectivity index is 2.04. The van der Waals surface area contributed by atoms with E-state index in [0.29, 0.717) is 0 Å². The Kier molecular flexibility index (Phi) is 5.00. The fraction of sp³-hybridized carbons (Fsp3) is 0.500. The van der Waals surface area contributed by atoms with Gasteiger partial charge < -0.3 is 11.1 Å². The van der Waals surface area contributed by atoms with Crippen molar-refractivity contribution in [3.8, 4) is 0 Å². The summed E-state index contributed by atoms with van der Waals surface area (Å²) in [5.41, 5.74) is 6.87. The van der Waals surface area contributed by atoms with Gasteiger partial charge in [-0.15, -0.1) is 0 Å². The fourth-order valence-corrected chi connectivity index (χ4v) is 3.04. The van der Waals surface area contributed by atoms with Gasteiger partial charge in [-0.2, -0.15) is 0 Å². The molecule has 0 spiro atoms. The van der Waals surface area contributed by atoms with E-state index in [4.69, 9.17) is 5.73 Å². The lowest BCUT2D eigenvalue weighted by molar-refractivity contribution is 0.0928. The number of hydrogen-bond acceptors (Lipinski definition) is 2. The van der Waals surface area contributed by atoms with E-state index in [1.165, 1.54) is 12.8 Å². The maximum Gasteiger partial charge on any atom is 0.252 e. The number of benzene rings is 1. The third-order valence-electron chi connectivity index (χ3n) is 3.50. The molecule has 4 heteroatoms. The quantitative estimate of drug-likeness (QED) is 0.631. The number of hydrogen-bond donors (Lipinski definition) is 2. The van der Waals surface area contributed by atoms with Crippen LogP contribution in [0.15, 0.2) is 24.3 Å². The van der Waals surface area contributed by atoms with E-state index >= 15 is 0 Å². The lowest BCUT2D eigenvalue weighted by Gasteiger charge is -2.23. The van der Waals surface area contributed by atoms with Crippen molar-refractivity contribution < 1.29 is 4.79 Å². The average Bonchev–Trinajstić information content (AvgIpc) is 2.55. The molecule has 1 amide bonds. The van der Waals surface area contributed by atoms with Gasteiger partial charge in [-0.25, -0.2) is 0 Å². The highest BCUT2D eigenvalue weighted by molar-refractivity contribution is 14.1. The topological polar surface area (TPSA) is 55.1 Å². The molecule has 3 N–H and O–H groups in total. The van der Waals surface area contributed by atoms with E-state index < -0.39 is 0 Å². The third-order valence-corrected chi connectivity index (χ3v) is 4.45. The van der Waals surface area contributed by atoms with Gasteiger partial charge in [-0.05, 0) is 47.6 Å². The number of rotatable bonds is 2. The average molecular weight is 358 g/mol. The van der Waals surface area contributed by atoms with Crippen molar-refractivity contribution in [3.05, 3.63) is 33.4 Å². The van der Waals surface area contributed by atoms with Crippen molar-refractivity contribution in [1.29, 1.82) is 0 Å². The van der Waals surface area contributed by atoms with Crippen LogP contribution >= 0.6 is 22.6 Å². The molecule has 1 aromatic carbocycles. The van der Waals surface area contributed by atoms with Crippen LogP contribution in [0.4, 0.5) is 0 Å². The molecule has 2 unspecified atom stereocenters. The van der Waals surface area contributed by atoms with Gasteiger partial charge in [0.1, 0.15) is 0 Å². The van der Waals surface area contributed by atoms with Crippen LogP contribution in [0.1, 0.15) is 42.5 Å². The van der Waals surface area contributed by atoms with Crippen LogP contribution in [0.5, 0.6) is 0 Å². The number of amides is 1. The SMILES string of the molecule is NC1CCCCCC1NC(=O)c1ccccc1I. The highest BCUT2D eigenvalue weighted by atomic mass is 127. The normalized spacial score (nSPS) is 24.3. The molecule has 3 nitrogen and oxygen atoms in total. The molecule has 18 heavy (non-hydrogen) atoms. The number of nitrogens with two attached hydrogens (primary N) is 1. The molecule has 0 bridgehead atoms. The first-order chi connectivity index (χ1) is 8.68. The van der Waals surface area contributed by atoms with Crippen molar-refractivity contribution in [2.24, 2.45) is 5.73 Å². The Morgan fingerprint density at radius 2 is 1.94 bits per heavy atom. The fourth-order valence-electron chi connectivity index (χ4n) is 2.41. The molecule has 1 fully saturated rings. The van der Waals surface area contributed by atoms with Crippen LogP contribution in [0.3, 0.4) is 0 Å². The molecule has 0 aromatic heterocycles. The first-order valence-corrected chi connectivity index (χ1v) is 7.57. The lowest BCUT2D eigenvalue weighted by Crippen LogP contribution is -2.47. The van der Waals surface area contributed by atoms with E-state index in [1.54, 1.807) is 0 Å².